The molecule has 6 N–H and O–H groups in total. The second-order valence-electron chi connectivity index (χ2n) is 0.986. The summed E-state index contributed by atoms with van der Waals surface area (Å²) in [5.74, 6) is 0. The SMILES string of the molecule is C=C.C=C.CCN.NCCN. The van der Waals surface area contributed by atoms with Crippen molar-refractivity contribution in [2.24, 2.45) is 17.2 Å². The Morgan fingerprint density at radius 1 is 0.818 bits per heavy atom. The van der Waals surface area contributed by atoms with Crippen LogP contribution in [0.4, 0.5) is 0 Å². The van der Waals surface area contributed by atoms with Crippen LogP contribution in [0.3, 0.4) is 0 Å². The van der Waals surface area contributed by atoms with Gasteiger partial charge in [-0.25, -0.2) is 0 Å². The molecule has 0 aliphatic carbocycles. The van der Waals surface area contributed by atoms with Crippen LogP contribution in [0.1, 0.15) is 6.92 Å². The quantitative estimate of drug-likeness (QED) is 0.489. The second kappa shape index (κ2) is 117. The summed E-state index contributed by atoms with van der Waals surface area (Å²) in [4.78, 5) is 0. The van der Waals surface area contributed by atoms with E-state index in [-0.39, 0.29) is 0 Å². The molecule has 0 aromatic heterocycles. The Kier molecular flexibility index (Phi) is 240. The van der Waals surface area contributed by atoms with Gasteiger partial charge in [-0.1, -0.05) is 6.92 Å². The summed E-state index contributed by atoms with van der Waals surface area (Å²) in [5, 5.41) is 0. The third-order valence-corrected chi connectivity index (χ3v) is 0.167. The molecule has 3 nitrogen and oxygen atoms in total. The molecule has 0 atom stereocenters. The Morgan fingerprint density at radius 2 is 0.909 bits per heavy atom. The Balaban J connectivity index is -0.0000000315. The van der Waals surface area contributed by atoms with Crippen molar-refractivity contribution >= 4 is 0 Å². The van der Waals surface area contributed by atoms with Crippen molar-refractivity contribution in [1.29, 1.82) is 0 Å². The lowest BCUT2D eigenvalue weighted by Crippen LogP contribution is -2.11. The summed E-state index contributed by atoms with van der Waals surface area (Å²) < 4.78 is 0. The molecule has 0 radical (unpaired) electrons. The Bertz CT molecular complexity index is 28.5. The minimum absolute atomic E-state index is 0.597. The van der Waals surface area contributed by atoms with Gasteiger partial charge in [0.25, 0.3) is 0 Å². The first kappa shape index (κ1) is 22.4. The molecule has 0 heterocycles. The summed E-state index contributed by atoms with van der Waals surface area (Å²) in [6, 6.07) is 0. The van der Waals surface area contributed by atoms with Crippen LogP contribution in [0.5, 0.6) is 0 Å². The van der Waals surface area contributed by atoms with Crippen molar-refractivity contribution in [2.75, 3.05) is 19.6 Å². The van der Waals surface area contributed by atoms with Crippen LogP contribution < -0.4 is 17.2 Å². The smallest absolute Gasteiger partial charge is 0.00461 e. The van der Waals surface area contributed by atoms with Gasteiger partial charge in [-0.2, -0.15) is 0 Å². The predicted molar refractivity (Wildman–Crippen MR) is 55.3 cm³/mol. The molecule has 0 saturated heterocycles. The standard InChI is InChI=1S/C2H8N2.C2H7N.2C2H4/c3-1-2-4;1-2-3;2*1-2/h1-4H2;2-3H2,1H3;2*1-2H2. The zero-order chi connectivity index (χ0) is 10.1. The molecular weight excluding hydrogens is 138 g/mol. The minimum Gasteiger partial charge on any atom is -0.331 e. The number of hydrogen-bond donors (Lipinski definition) is 3. The molecule has 11 heavy (non-hydrogen) atoms. The maximum absolute atomic E-state index is 4.90. The van der Waals surface area contributed by atoms with E-state index in [0.29, 0.717) is 13.1 Å². The maximum Gasteiger partial charge on any atom is 0.00461 e. The first-order chi connectivity index (χ1) is 5.33. The highest BCUT2D eigenvalue weighted by Gasteiger charge is 1.54. The number of hydrogen-bond acceptors (Lipinski definition) is 3. The van der Waals surface area contributed by atoms with E-state index in [1.807, 2.05) is 6.92 Å². The molecule has 0 aliphatic rings. The number of nitrogens with two attached hydrogens (primary N) is 3. The Hall–Kier alpha value is -0.640. The number of rotatable bonds is 1. The van der Waals surface area contributed by atoms with Crippen LogP contribution in [0, 0.1) is 0 Å². The lowest BCUT2D eigenvalue weighted by atomic mass is 10.7. The summed E-state index contributed by atoms with van der Waals surface area (Å²) >= 11 is 0. The molecule has 0 unspecified atom stereocenters. The van der Waals surface area contributed by atoms with Gasteiger partial charge >= 0.3 is 0 Å². The highest BCUT2D eigenvalue weighted by atomic mass is 14.6. The van der Waals surface area contributed by atoms with E-state index in [0.717, 1.165) is 6.54 Å². The fraction of sp³-hybridized carbons (Fsp3) is 0.500. The van der Waals surface area contributed by atoms with Gasteiger partial charge in [0.05, 0.1) is 0 Å². The molecule has 0 fully saturated rings. The fourth-order valence-electron chi connectivity index (χ4n) is 0. The predicted octanol–water partition coefficient (Wildman–Crippen LogP) is 0.473. The van der Waals surface area contributed by atoms with Crippen molar-refractivity contribution < 1.29 is 0 Å². The van der Waals surface area contributed by atoms with Crippen molar-refractivity contribution in [3.63, 3.8) is 0 Å². The van der Waals surface area contributed by atoms with Gasteiger partial charge in [0.2, 0.25) is 0 Å². The largest absolute Gasteiger partial charge is 0.331 e. The van der Waals surface area contributed by atoms with Gasteiger partial charge in [-0.15, -0.1) is 26.3 Å². The molecule has 0 bridgehead atoms. The highest BCUT2D eigenvalue weighted by Crippen LogP contribution is 1.24. The molecule has 0 aromatic rings. The summed E-state index contributed by atoms with van der Waals surface area (Å²) in [6.45, 7) is 15.8. The van der Waals surface area contributed by atoms with E-state index >= 15 is 0 Å². The second-order valence-corrected chi connectivity index (χ2v) is 0.986. The monoisotopic (exact) mass is 161 g/mol. The zero-order valence-electron chi connectivity index (χ0n) is 7.68. The van der Waals surface area contributed by atoms with Gasteiger partial charge in [-0.05, 0) is 6.54 Å². The average molecular weight is 161 g/mol. The van der Waals surface area contributed by atoms with E-state index in [1.54, 1.807) is 0 Å². The van der Waals surface area contributed by atoms with Crippen molar-refractivity contribution in [1.82, 2.24) is 0 Å². The average Bonchev–Trinajstić information content (AvgIpc) is 2.12. The van der Waals surface area contributed by atoms with Crippen LogP contribution >= 0.6 is 0 Å². The first-order valence-electron chi connectivity index (χ1n) is 3.43. The molecule has 0 spiro atoms. The van der Waals surface area contributed by atoms with Gasteiger partial charge in [-0.3, -0.25) is 0 Å². The maximum atomic E-state index is 4.90. The van der Waals surface area contributed by atoms with E-state index in [9.17, 15) is 0 Å². The normalized spacial score (nSPS) is 5.09. The molecule has 0 aliphatic heterocycles. The van der Waals surface area contributed by atoms with Crippen molar-refractivity contribution in [2.45, 2.75) is 6.92 Å². The van der Waals surface area contributed by atoms with E-state index < -0.39 is 0 Å². The summed E-state index contributed by atoms with van der Waals surface area (Å²) in [5.41, 5.74) is 14.7. The minimum atomic E-state index is 0.597. The van der Waals surface area contributed by atoms with E-state index in [2.05, 4.69) is 26.3 Å². The first-order valence-corrected chi connectivity index (χ1v) is 3.43. The zero-order valence-corrected chi connectivity index (χ0v) is 7.68. The summed E-state index contributed by atoms with van der Waals surface area (Å²) in [6.07, 6.45) is 0. The molecule has 70 valence electrons. The Labute approximate surface area is 71.0 Å². The molecule has 0 rings (SSSR count). The van der Waals surface area contributed by atoms with Crippen LogP contribution in [-0.4, -0.2) is 19.6 Å². The third-order valence-electron chi connectivity index (χ3n) is 0.167. The van der Waals surface area contributed by atoms with Gasteiger partial charge in [0.1, 0.15) is 0 Å². The summed E-state index contributed by atoms with van der Waals surface area (Å²) in [7, 11) is 0. The molecule has 0 aromatic carbocycles. The van der Waals surface area contributed by atoms with E-state index in [1.165, 1.54) is 0 Å². The molecule has 0 saturated carbocycles. The van der Waals surface area contributed by atoms with Crippen molar-refractivity contribution in [3.8, 4) is 0 Å². The topological polar surface area (TPSA) is 78.1 Å². The lowest BCUT2D eigenvalue weighted by Gasteiger charge is -1.72. The molecular formula is C8H23N3. The lowest BCUT2D eigenvalue weighted by molar-refractivity contribution is 0.976. The highest BCUT2D eigenvalue weighted by molar-refractivity contribution is 4.26. The fourth-order valence-corrected chi connectivity index (χ4v) is 0. The van der Waals surface area contributed by atoms with Crippen molar-refractivity contribution in [3.05, 3.63) is 26.3 Å². The van der Waals surface area contributed by atoms with Gasteiger partial charge < -0.3 is 17.2 Å². The van der Waals surface area contributed by atoms with E-state index in [4.69, 9.17) is 17.2 Å². The van der Waals surface area contributed by atoms with Crippen LogP contribution in [0.2, 0.25) is 0 Å². The molecule has 3 heteroatoms. The molecule has 0 amide bonds. The van der Waals surface area contributed by atoms with Crippen LogP contribution in [0.15, 0.2) is 26.3 Å². The third kappa shape index (κ3) is 3910. The van der Waals surface area contributed by atoms with Crippen LogP contribution in [-0.2, 0) is 0 Å². The van der Waals surface area contributed by atoms with Crippen LogP contribution in [0.25, 0.3) is 0 Å². The Morgan fingerprint density at radius 3 is 0.909 bits per heavy atom. The van der Waals surface area contributed by atoms with Gasteiger partial charge in [0, 0.05) is 13.1 Å². The van der Waals surface area contributed by atoms with Gasteiger partial charge in [0.15, 0.2) is 0 Å².